The topological polar surface area (TPSA) is 45.2 Å². The second kappa shape index (κ2) is 14.6. The molecule has 0 saturated carbocycles. The van der Waals surface area contributed by atoms with Gasteiger partial charge in [-0.3, -0.25) is 0 Å². The summed E-state index contributed by atoms with van der Waals surface area (Å²) < 4.78 is 0. The lowest BCUT2D eigenvalue weighted by atomic mass is 9.33. The molecule has 2 aliphatic heterocycles. The number of benzene rings is 13. The molecule has 0 unspecified atom stereocenters. The minimum atomic E-state index is -0.138. The van der Waals surface area contributed by atoms with Crippen molar-refractivity contribution in [3.05, 3.63) is 231 Å². The maximum atomic E-state index is 4.84. The molecule has 71 heavy (non-hydrogen) atoms. The standard InChI is InChI=1S/C65H38BN5/c1-3-9-39(10-4-1)41-21-27-50(28-22-41)70-56-35-49(65-68-37-67-38-69-65)36-57-62(56)66(54-33-47-19-17-43-13-7-15-45-25-31-52(63(54)70)60(47)58(43)45)55-34-48-20-18-44-14-8-16-46-26-32-53(61(48)59(44)46)64(55)71(57)51-29-23-42(24-30-51)40-11-5-2-6-12-40/h1-38H. The van der Waals surface area contributed by atoms with Gasteiger partial charge in [0.15, 0.2) is 5.82 Å². The lowest BCUT2D eigenvalue weighted by molar-refractivity contribution is 1.06. The molecule has 3 heterocycles. The first kappa shape index (κ1) is 38.6. The summed E-state index contributed by atoms with van der Waals surface area (Å²) in [5.74, 6) is 0.622. The molecule has 0 amide bonds. The molecule has 0 atom stereocenters. The van der Waals surface area contributed by atoms with Crippen molar-refractivity contribution in [1.29, 1.82) is 0 Å². The highest BCUT2D eigenvalue weighted by atomic mass is 15.2. The van der Waals surface area contributed by atoms with Gasteiger partial charge in [-0.1, -0.05) is 182 Å². The van der Waals surface area contributed by atoms with Crippen LogP contribution >= 0.6 is 0 Å². The second-order valence-electron chi connectivity index (χ2n) is 19.2. The quantitative estimate of drug-likeness (QED) is 0.127. The Labute approximate surface area is 409 Å². The fourth-order valence-corrected chi connectivity index (χ4v) is 12.5. The van der Waals surface area contributed by atoms with Crippen LogP contribution in [0.1, 0.15) is 0 Å². The van der Waals surface area contributed by atoms with Crippen molar-refractivity contribution in [3.8, 4) is 33.6 Å². The Balaban J connectivity index is 1.07. The van der Waals surface area contributed by atoms with E-state index in [1.165, 1.54) is 115 Å². The summed E-state index contributed by atoms with van der Waals surface area (Å²) >= 11 is 0. The van der Waals surface area contributed by atoms with Crippen LogP contribution in [0.25, 0.3) is 98.3 Å². The molecular formula is C65H38BN5. The third-order valence-electron chi connectivity index (χ3n) is 15.5. The Morgan fingerprint density at radius 1 is 0.324 bits per heavy atom. The Hall–Kier alpha value is -9.39. The summed E-state index contributed by atoms with van der Waals surface area (Å²) in [6, 6.07) is 81.4. The van der Waals surface area contributed by atoms with E-state index in [-0.39, 0.29) is 6.71 Å². The van der Waals surface area contributed by atoms with Crippen LogP contribution in [0.3, 0.4) is 0 Å². The van der Waals surface area contributed by atoms with Crippen LogP contribution in [0, 0.1) is 0 Å². The van der Waals surface area contributed by atoms with Crippen LogP contribution in [0.2, 0.25) is 0 Å². The van der Waals surface area contributed by atoms with Crippen molar-refractivity contribution >= 4 is 122 Å². The van der Waals surface area contributed by atoms with Crippen LogP contribution in [0.4, 0.5) is 34.1 Å². The molecule has 0 bridgehead atoms. The summed E-state index contributed by atoms with van der Waals surface area (Å²) in [6.45, 7) is -0.138. The van der Waals surface area contributed by atoms with Crippen LogP contribution in [-0.4, -0.2) is 21.7 Å². The lowest BCUT2D eigenvalue weighted by Gasteiger charge is -2.45. The zero-order valence-electron chi connectivity index (χ0n) is 38.3. The normalized spacial score (nSPS) is 13.0. The molecule has 13 aromatic carbocycles. The van der Waals surface area contributed by atoms with E-state index in [0.717, 1.165) is 28.3 Å². The largest absolute Gasteiger partial charge is 0.311 e. The minimum Gasteiger partial charge on any atom is -0.311 e. The monoisotopic (exact) mass is 899 g/mol. The van der Waals surface area contributed by atoms with Gasteiger partial charge in [0.2, 0.25) is 0 Å². The van der Waals surface area contributed by atoms with E-state index >= 15 is 0 Å². The van der Waals surface area contributed by atoms with Crippen LogP contribution in [0.5, 0.6) is 0 Å². The molecule has 326 valence electrons. The molecule has 14 aromatic rings. The van der Waals surface area contributed by atoms with E-state index in [1.807, 2.05) is 0 Å². The first-order valence-corrected chi connectivity index (χ1v) is 24.3. The molecule has 0 spiro atoms. The van der Waals surface area contributed by atoms with Gasteiger partial charge in [0, 0.05) is 50.5 Å². The predicted octanol–water partition coefficient (Wildman–Crippen LogP) is 14.7. The third kappa shape index (κ3) is 5.50. The van der Waals surface area contributed by atoms with Crippen molar-refractivity contribution in [2.75, 3.05) is 9.80 Å². The Bertz CT molecular complexity index is 4150. The van der Waals surface area contributed by atoms with E-state index in [1.54, 1.807) is 12.7 Å². The fourth-order valence-electron chi connectivity index (χ4n) is 12.5. The molecule has 5 nitrogen and oxygen atoms in total. The van der Waals surface area contributed by atoms with Gasteiger partial charge in [0.1, 0.15) is 12.7 Å². The summed E-state index contributed by atoms with van der Waals surface area (Å²) in [5, 5.41) is 15.1. The van der Waals surface area contributed by atoms with Crippen LogP contribution < -0.4 is 26.2 Å². The van der Waals surface area contributed by atoms with E-state index in [2.05, 4.69) is 233 Å². The molecule has 0 aliphatic carbocycles. The average Bonchev–Trinajstić information content (AvgIpc) is 3.44. The number of fused-ring (bicyclic) bond motifs is 6. The maximum absolute atomic E-state index is 4.84. The zero-order chi connectivity index (χ0) is 46.3. The molecule has 0 N–H and O–H groups in total. The fraction of sp³-hybridized carbons (Fsp3) is 0. The summed E-state index contributed by atoms with van der Waals surface area (Å²) in [7, 11) is 0. The number of nitrogens with zero attached hydrogens (tertiary/aromatic N) is 5. The van der Waals surface area contributed by atoms with Crippen molar-refractivity contribution < 1.29 is 0 Å². The van der Waals surface area contributed by atoms with E-state index in [9.17, 15) is 0 Å². The van der Waals surface area contributed by atoms with Gasteiger partial charge in [-0.2, -0.15) is 0 Å². The van der Waals surface area contributed by atoms with E-state index in [0.29, 0.717) is 5.82 Å². The molecule has 0 fully saturated rings. The van der Waals surface area contributed by atoms with Crippen molar-refractivity contribution in [2.45, 2.75) is 0 Å². The van der Waals surface area contributed by atoms with Crippen molar-refractivity contribution in [1.82, 2.24) is 15.0 Å². The highest BCUT2D eigenvalue weighted by Crippen LogP contribution is 2.52. The van der Waals surface area contributed by atoms with E-state index < -0.39 is 0 Å². The first-order chi connectivity index (χ1) is 35.2. The second-order valence-corrected chi connectivity index (χ2v) is 19.2. The Kier molecular flexibility index (Phi) is 7.91. The van der Waals surface area contributed by atoms with Crippen molar-refractivity contribution in [2.24, 2.45) is 0 Å². The SMILES string of the molecule is c1ccc(-c2ccc(N3c4cc(-c5ncncn5)cc5c4B(c4cc6ccc7cccc8ccc(c43)c6c78)c3cc4ccc6cccc7ccc(c3N5c3ccc(-c5ccccc5)cc3)c4c67)cc2)cc1. The highest BCUT2D eigenvalue weighted by molar-refractivity contribution is 7.01. The summed E-state index contributed by atoms with van der Waals surface area (Å²) in [6.07, 6.45) is 3.21. The maximum Gasteiger partial charge on any atom is 0.252 e. The van der Waals surface area contributed by atoms with E-state index in [4.69, 9.17) is 9.97 Å². The summed E-state index contributed by atoms with van der Waals surface area (Å²) in [4.78, 5) is 19.0. The number of hydrogen-bond acceptors (Lipinski definition) is 5. The van der Waals surface area contributed by atoms with Crippen LogP contribution in [0.15, 0.2) is 231 Å². The third-order valence-corrected chi connectivity index (χ3v) is 15.5. The lowest BCUT2D eigenvalue weighted by Crippen LogP contribution is -2.61. The molecular weight excluding hydrogens is 862 g/mol. The van der Waals surface area contributed by atoms with Crippen LogP contribution in [-0.2, 0) is 0 Å². The van der Waals surface area contributed by atoms with Gasteiger partial charge in [0.25, 0.3) is 6.71 Å². The minimum absolute atomic E-state index is 0.138. The predicted molar refractivity (Wildman–Crippen MR) is 298 cm³/mol. The van der Waals surface area contributed by atoms with Gasteiger partial charge in [-0.05, 0) is 129 Å². The average molecular weight is 900 g/mol. The molecule has 0 radical (unpaired) electrons. The van der Waals surface area contributed by atoms with Gasteiger partial charge in [0.05, 0.1) is 0 Å². The number of hydrogen-bond donors (Lipinski definition) is 0. The van der Waals surface area contributed by atoms with Gasteiger partial charge < -0.3 is 9.80 Å². The zero-order valence-corrected chi connectivity index (χ0v) is 38.3. The molecule has 1 aromatic heterocycles. The first-order valence-electron chi connectivity index (χ1n) is 24.3. The molecule has 0 saturated heterocycles. The van der Waals surface area contributed by atoms with Gasteiger partial charge >= 0.3 is 0 Å². The number of aromatic nitrogens is 3. The molecule has 6 heteroatoms. The highest BCUT2D eigenvalue weighted by Gasteiger charge is 2.45. The van der Waals surface area contributed by atoms with Gasteiger partial charge in [-0.25, -0.2) is 15.0 Å². The Morgan fingerprint density at radius 2 is 0.732 bits per heavy atom. The Morgan fingerprint density at radius 3 is 1.18 bits per heavy atom. The smallest absolute Gasteiger partial charge is 0.252 e. The van der Waals surface area contributed by atoms with Crippen molar-refractivity contribution in [3.63, 3.8) is 0 Å². The number of rotatable bonds is 5. The summed E-state index contributed by atoms with van der Waals surface area (Å²) in [5.41, 5.74) is 16.2. The number of anilines is 6. The molecule has 2 aliphatic rings. The van der Waals surface area contributed by atoms with Gasteiger partial charge in [-0.15, -0.1) is 0 Å². The molecule has 16 rings (SSSR count).